The fraction of sp³-hybridized carbons (Fsp3) is 0.389. The van der Waals surface area contributed by atoms with Gasteiger partial charge in [-0.3, -0.25) is 0 Å². The zero-order chi connectivity index (χ0) is 17.9. The highest BCUT2D eigenvalue weighted by Crippen LogP contribution is 2.30. The summed E-state index contributed by atoms with van der Waals surface area (Å²) in [6, 6.07) is 11.3. The van der Waals surface area contributed by atoms with E-state index in [9.17, 15) is 8.42 Å². The topological polar surface area (TPSA) is 62.7 Å². The molecule has 0 radical (unpaired) electrons. The maximum absolute atomic E-state index is 12.0. The fourth-order valence-electron chi connectivity index (χ4n) is 3.06. The average Bonchev–Trinajstić information content (AvgIpc) is 2.62. The van der Waals surface area contributed by atoms with Gasteiger partial charge in [-0.15, -0.1) is 0 Å². The monoisotopic (exact) mass is 361 g/mol. The molecule has 0 aliphatic carbocycles. The molecule has 0 atom stereocenters. The van der Waals surface area contributed by atoms with Crippen molar-refractivity contribution in [3.8, 4) is 5.75 Å². The molecule has 0 amide bonds. The lowest BCUT2D eigenvalue weighted by Gasteiger charge is -2.37. The molecule has 0 N–H and O–H groups in total. The Morgan fingerprint density at radius 1 is 1.04 bits per heavy atom. The van der Waals surface area contributed by atoms with Gasteiger partial charge in [0.1, 0.15) is 16.5 Å². The van der Waals surface area contributed by atoms with Crippen molar-refractivity contribution in [3.63, 3.8) is 0 Å². The smallest absolute Gasteiger partial charge is 0.179 e. The molecule has 1 aliphatic heterocycles. The molecule has 1 fully saturated rings. The number of ether oxygens (including phenoxy) is 1. The van der Waals surface area contributed by atoms with E-state index in [4.69, 9.17) is 4.74 Å². The predicted octanol–water partition coefficient (Wildman–Crippen LogP) is 2.21. The van der Waals surface area contributed by atoms with Gasteiger partial charge in [0.15, 0.2) is 9.84 Å². The minimum Gasteiger partial charge on any atom is -0.492 e. The van der Waals surface area contributed by atoms with Gasteiger partial charge >= 0.3 is 0 Å². The van der Waals surface area contributed by atoms with Crippen LogP contribution in [0.5, 0.6) is 5.75 Å². The van der Waals surface area contributed by atoms with E-state index in [1.165, 1.54) is 6.26 Å². The number of nitrogens with zero attached hydrogens (tertiary/aromatic N) is 3. The molecule has 1 aromatic carbocycles. The van der Waals surface area contributed by atoms with Gasteiger partial charge in [-0.1, -0.05) is 12.1 Å². The molecule has 2 aromatic rings. The van der Waals surface area contributed by atoms with Crippen LogP contribution < -0.4 is 14.5 Å². The first-order valence-corrected chi connectivity index (χ1v) is 10.3. The van der Waals surface area contributed by atoms with Crippen LogP contribution in [0.2, 0.25) is 0 Å². The van der Waals surface area contributed by atoms with Crippen molar-refractivity contribution in [2.75, 3.05) is 48.8 Å². The molecule has 1 saturated heterocycles. The largest absolute Gasteiger partial charge is 0.492 e. The van der Waals surface area contributed by atoms with Crippen LogP contribution in [0.4, 0.5) is 11.5 Å². The molecule has 0 saturated carbocycles. The van der Waals surface area contributed by atoms with E-state index in [-0.39, 0.29) is 4.90 Å². The van der Waals surface area contributed by atoms with Crippen LogP contribution in [0, 0.1) is 0 Å². The Bertz CT molecular complexity index is 831. The standard InChI is InChI=1S/C18H23N3O3S/c1-3-24-16-8-5-4-7-15(16)20-11-13-21(14-12-20)18-17(25(2,22)23)9-6-10-19-18/h4-10H,3,11-14H2,1-2H3. The Morgan fingerprint density at radius 3 is 2.40 bits per heavy atom. The number of piperazine rings is 1. The third kappa shape index (κ3) is 3.87. The summed E-state index contributed by atoms with van der Waals surface area (Å²) in [5.74, 6) is 1.43. The first kappa shape index (κ1) is 17.5. The highest BCUT2D eigenvalue weighted by Gasteiger charge is 2.24. The molecular formula is C18H23N3O3S. The molecule has 0 bridgehead atoms. The van der Waals surface area contributed by atoms with Gasteiger partial charge in [0.05, 0.1) is 12.3 Å². The van der Waals surface area contributed by atoms with Crippen LogP contribution in [-0.4, -0.2) is 52.4 Å². The summed E-state index contributed by atoms with van der Waals surface area (Å²) in [5.41, 5.74) is 1.08. The highest BCUT2D eigenvalue weighted by molar-refractivity contribution is 7.90. The lowest BCUT2D eigenvalue weighted by molar-refractivity contribution is 0.340. The molecule has 7 heteroatoms. The van der Waals surface area contributed by atoms with E-state index in [0.29, 0.717) is 25.5 Å². The third-order valence-corrected chi connectivity index (χ3v) is 5.35. The maximum atomic E-state index is 12.0. The van der Waals surface area contributed by atoms with Gasteiger partial charge in [-0.2, -0.15) is 0 Å². The predicted molar refractivity (Wildman–Crippen MR) is 99.4 cm³/mol. The number of hydrogen-bond donors (Lipinski definition) is 0. The van der Waals surface area contributed by atoms with Crippen LogP contribution in [-0.2, 0) is 9.84 Å². The Hall–Kier alpha value is -2.28. The van der Waals surface area contributed by atoms with Gasteiger partial charge in [0, 0.05) is 38.6 Å². The Labute approximate surface area is 149 Å². The quantitative estimate of drug-likeness (QED) is 0.814. The van der Waals surface area contributed by atoms with Crippen molar-refractivity contribution in [3.05, 3.63) is 42.6 Å². The summed E-state index contributed by atoms with van der Waals surface area (Å²) >= 11 is 0. The molecule has 0 unspecified atom stereocenters. The second-order valence-corrected chi connectivity index (χ2v) is 7.96. The van der Waals surface area contributed by atoms with Gasteiger partial charge in [-0.25, -0.2) is 13.4 Å². The van der Waals surface area contributed by atoms with Crippen molar-refractivity contribution in [1.82, 2.24) is 4.98 Å². The SMILES string of the molecule is CCOc1ccccc1N1CCN(c2ncccc2S(C)(=O)=O)CC1. The van der Waals surface area contributed by atoms with Crippen LogP contribution in [0.15, 0.2) is 47.5 Å². The van der Waals surface area contributed by atoms with Crippen molar-refractivity contribution in [2.24, 2.45) is 0 Å². The lowest BCUT2D eigenvalue weighted by Crippen LogP contribution is -2.47. The second kappa shape index (κ2) is 7.31. The molecule has 1 aliphatic rings. The van der Waals surface area contributed by atoms with E-state index < -0.39 is 9.84 Å². The van der Waals surface area contributed by atoms with Crippen molar-refractivity contribution >= 4 is 21.3 Å². The number of sulfone groups is 1. The minimum atomic E-state index is -3.30. The Kier molecular flexibility index (Phi) is 5.13. The lowest BCUT2D eigenvalue weighted by atomic mass is 10.2. The zero-order valence-corrected chi connectivity index (χ0v) is 15.4. The summed E-state index contributed by atoms with van der Waals surface area (Å²) in [7, 11) is -3.30. The summed E-state index contributed by atoms with van der Waals surface area (Å²) < 4.78 is 29.7. The van der Waals surface area contributed by atoms with Gasteiger partial charge in [0.2, 0.25) is 0 Å². The van der Waals surface area contributed by atoms with E-state index in [1.54, 1.807) is 18.3 Å². The fourth-order valence-corrected chi connectivity index (χ4v) is 3.90. The Morgan fingerprint density at radius 2 is 1.72 bits per heavy atom. The Balaban J connectivity index is 1.78. The highest BCUT2D eigenvalue weighted by atomic mass is 32.2. The molecule has 0 spiro atoms. The molecule has 1 aromatic heterocycles. The minimum absolute atomic E-state index is 0.290. The summed E-state index contributed by atoms with van der Waals surface area (Å²) in [4.78, 5) is 8.91. The first-order valence-electron chi connectivity index (χ1n) is 8.37. The van der Waals surface area contributed by atoms with Crippen LogP contribution >= 0.6 is 0 Å². The first-order chi connectivity index (χ1) is 12.0. The average molecular weight is 361 g/mol. The zero-order valence-electron chi connectivity index (χ0n) is 14.6. The number of hydrogen-bond acceptors (Lipinski definition) is 6. The number of pyridine rings is 1. The van der Waals surface area contributed by atoms with Gasteiger partial charge in [0.25, 0.3) is 0 Å². The molecule has 134 valence electrons. The van der Waals surface area contributed by atoms with E-state index >= 15 is 0 Å². The summed E-state index contributed by atoms with van der Waals surface area (Å²) in [5, 5.41) is 0. The molecular weight excluding hydrogens is 338 g/mol. The van der Waals surface area contributed by atoms with E-state index in [0.717, 1.165) is 24.5 Å². The summed E-state index contributed by atoms with van der Waals surface area (Å²) in [6.45, 7) is 5.58. The summed E-state index contributed by atoms with van der Waals surface area (Å²) in [6.07, 6.45) is 2.86. The van der Waals surface area contributed by atoms with Crippen molar-refractivity contribution < 1.29 is 13.2 Å². The third-order valence-electron chi connectivity index (χ3n) is 4.24. The maximum Gasteiger partial charge on any atom is 0.179 e. The second-order valence-electron chi connectivity index (χ2n) is 5.97. The van der Waals surface area contributed by atoms with E-state index in [2.05, 4.69) is 16.0 Å². The number of benzene rings is 1. The molecule has 25 heavy (non-hydrogen) atoms. The number of rotatable bonds is 5. The van der Waals surface area contributed by atoms with Crippen LogP contribution in [0.1, 0.15) is 6.92 Å². The number of para-hydroxylation sites is 2. The van der Waals surface area contributed by atoms with Crippen molar-refractivity contribution in [1.29, 1.82) is 0 Å². The van der Waals surface area contributed by atoms with E-state index in [1.807, 2.05) is 30.0 Å². The molecule has 6 nitrogen and oxygen atoms in total. The molecule has 2 heterocycles. The van der Waals surface area contributed by atoms with Gasteiger partial charge in [-0.05, 0) is 31.2 Å². The van der Waals surface area contributed by atoms with Crippen LogP contribution in [0.3, 0.4) is 0 Å². The van der Waals surface area contributed by atoms with Crippen molar-refractivity contribution in [2.45, 2.75) is 11.8 Å². The van der Waals surface area contributed by atoms with Crippen LogP contribution in [0.25, 0.3) is 0 Å². The normalized spacial score (nSPS) is 15.3. The number of anilines is 2. The number of aromatic nitrogens is 1. The molecule has 3 rings (SSSR count). The van der Waals surface area contributed by atoms with Gasteiger partial charge < -0.3 is 14.5 Å².